The fraction of sp³-hybridized carbons (Fsp3) is 0.360. The molecule has 3 heterocycles. The Labute approximate surface area is 181 Å². The number of aromatic amines is 1. The minimum Gasteiger partial charge on any atom is -0.395 e. The molecule has 0 saturated carbocycles. The van der Waals surface area contributed by atoms with Gasteiger partial charge in [0.05, 0.1) is 19.2 Å². The van der Waals surface area contributed by atoms with Gasteiger partial charge in [-0.3, -0.25) is 9.59 Å². The maximum atomic E-state index is 13.3. The maximum Gasteiger partial charge on any atom is 0.246 e. The minimum atomic E-state index is -0.561. The molecule has 2 aliphatic rings. The molecule has 2 atom stereocenters. The van der Waals surface area contributed by atoms with Gasteiger partial charge < -0.3 is 19.9 Å². The summed E-state index contributed by atoms with van der Waals surface area (Å²) < 4.78 is 0. The summed E-state index contributed by atoms with van der Waals surface area (Å²) in [5.74, 6) is 0.246. The van der Waals surface area contributed by atoms with Gasteiger partial charge in [0.2, 0.25) is 11.8 Å². The van der Waals surface area contributed by atoms with Crippen molar-refractivity contribution in [3.63, 3.8) is 0 Å². The van der Waals surface area contributed by atoms with Crippen molar-refractivity contribution in [2.75, 3.05) is 19.7 Å². The van der Waals surface area contributed by atoms with Crippen LogP contribution in [0.25, 0.3) is 10.9 Å². The lowest BCUT2D eigenvalue weighted by molar-refractivity contribution is -0.159. The highest BCUT2D eigenvalue weighted by molar-refractivity contribution is 5.97. The number of carbonyl (C=O) groups is 2. The van der Waals surface area contributed by atoms with Gasteiger partial charge in [0.1, 0.15) is 6.04 Å². The van der Waals surface area contributed by atoms with E-state index in [9.17, 15) is 14.7 Å². The predicted octanol–water partition coefficient (Wildman–Crippen LogP) is 2.97. The second kappa shape index (κ2) is 7.54. The van der Waals surface area contributed by atoms with Gasteiger partial charge in [-0.05, 0) is 28.7 Å². The third kappa shape index (κ3) is 3.13. The van der Waals surface area contributed by atoms with E-state index >= 15 is 0 Å². The van der Waals surface area contributed by atoms with Gasteiger partial charge in [-0.15, -0.1) is 0 Å². The number of aromatic nitrogens is 1. The number of nitrogens with zero attached hydrogens (tertiary/aromatic N) is 2. The van der Waals surface area contributed by atoms with Crippen molar-refractivity contribution in [3.05, 3.63) is 70.9 Å². The zero-order chi connectivity index (χ0) is 21.7. The average Bonchev–Trinajstić information content (AvgIpc) is 3.14. The molecule has 2 aromatic carbocycles. The maximum absolute atomic E-state index is 13.3. The molecule has 31 heavy (non-hydrogen) atoms. The number of aliphatic hydroxyl groups is 1. The largest absolute Gasteiger partial charge is 0.395 e. The van der Waals surface area contributed by atoms with Crippen LogP contribution < -0.4 is 0 Å². The van der Waals surface area contributed by atoms with Crippen LogP contribution in [-0.2, 0) is 16.0 Å². The van der Waals surface area contributed by atoms with Gasteiger partial charge in [-0.2, -0.15) is 0 Å². The first kappa shape index (κ1) is 19.8. The average molecular weight is 418 g/mol. The van der Waals surface area contributed by atoms with Crippen molar-refractivity contribution in [1.29, 1.82) is 0 Å². The Balaban J connectivity index is 1.67. The smallest absolute Gasteiger partial charge is 0.246 e. The molecule has 1 fully saturated rings. The number of aliphatic hydroxyl groups excluding tert-OH is 1. The summed E-state index contributed by atoms with van der Waals surface area (Å²) in [5.41, 5.74) is 5.35. The van der Waals surface area contributed by atoms with Crippen LogP contribution >= 0.6 is 0 Å². The van der Waals surface area contributed by atoms with Gasteiger partial charge in [-0.1, -0.05) is 56.3 Å². The van der Waals surface area contributed by atoms with Crippen molar-refractivity contribution < 1.29 is 14.7 Å². The summed E-state index contributed by atoms with van der Waals surface area (Å²) in [7, 11) is 0. The van der Waals surface area contributed by atoms with Crippen molar-refractivity contribution in [2.45, 2.75) is 38.3 Å². The molecular weight excluding hydrogens is 390 g/mol. The molecule has 1 unspecified atom stereocenters. The molecule has 5 rings (SSSR count). The number of amides is 2. The quantitative estimate of drug-likeness (QED) is 0.685. The molecular formula is C25H27N3O3. The van der Waals surface area contributed by atoms with Crippen LogP contribution in [0.5, 0.6) is 0 Å². The van der Waals surface area contributed by atoms with Gasteiger partial charge in [0.15, 0.2) is 0 Å². The van der Waals surface area contributed by atoms with Crippen molar-refractivity contribution in [2.24, 2.45) is 0 Å². The second-order valence-electron chi connectivity index (χ2n) is 8.79. The number of H-pyrrole nitrogens is 1. The zero-order valence-electron chi connectivity index (χ0n) is 17.8. The van der Waals surface area contributed by atoms with Crippen LogP contribution in [0.15, 0.2) is 48.5 Å². The fourth-order valence-corrected chi connectivity index (χ4v) is 5.04. The van der Waals surface area contributed by atoms with E-state index in [0.717, 1.165) is 27.7 Å². The number of hydrogen-bond acceptors (Lipinski definition) is 3. The Bertz CT molecular complexity index is 1150. The number of fused-ring (bicyclic) bond motifs is 4. The van der Waals surface area contributed by atoms with Crippen LogP contribution in [0.3, 0.4) is 0 Å². The Morgan fingerprint density at radius 1 is 1.10 bits per heavy atom. The summed E-state index contributed by atoms with van der Waals surface area (Å²) in [5, 5.41) is 10.5. The Kier molecular flexibility index (Phi) is 4.82. The minimum absolute atomic E-state index is 0.00598. The third-order valence-electron chi connectivity index (χ3n) is 6.63. The number of benzene rings is 2. The van der Waals surface area contributed by atoms with Crippen molar-refractivity contribution >= 4 is 22.7 Å². The first-order valence-electron chi connectivity index (χ1n) is 10.9. The van der Waals surface area contributed by atoms with E-state index in [2.05, 4.69) is 49.2 Å². The van der Waals surface area contributed by atoms with Crippen LogP contribution in [0.4, 0.5) is 0 Å². The lowest BCUT2D eigenvalue weighted by atomic mass is 9.85. The number of piperazine rings is 1. The fourth-order valence-electron chi connectivity index (χ4n) is 5.04. The Morgan fingerprint density at radius 2 is 1.84 bits per heavy atom. The molecule has 0 bridgehead atoms. The van der Waals surface area contributed by atoms with E-state index in [1.54, 1.807) is 4.90 Å². The van der Waals surface area contributed by atoms with E-state index in [4.69, 9.17) is 0 Å². The predicted molar refractivity (Wildman–Crippen MR) is 119 cm³/mol. The number of hydrogen-bond donors (Lipinski definition) is 2. The van der Waals surface area contributed by atoms with Gasteiger partial charge in [0, 0.05) is 29.6 Å². The van der Waals surface area contributed by atoms with E-state index in [-0.39, 0.29) is 37.6 Å². The summed E-state index contributed by atoms with van der Waals surface area (Å²) in [6, 6.07) is 15.6. The van der Waals surface area contributed by atoms with Gasteiger partial charge in [0.25, 0.3) is 0 Å². The summed E-state index contributed by atoms with van der Waals surface area (Å²) in [6.07, 6.45) is 0.479. The van der Waals surface area contributed by atoms with Crippen LogP contribution in [-0.4, -0.2) is 57.4 Å². The van der Waals surface area contributed by atoms with E-state index in [1.165, 1.54) is 10.5 Å². The first-order chi connectivity index (χ1) is 15.0. The summed E-state index contributed by atoms with van der Waals surface area (Å²) in [6.45, 7) is 4.35. The molecule has 0 aliphatic carbocycles. The number of para-hydroxylation sites is 1. The second-order valence-corrected chi connectivity index (χ2v) is 8.79. The van der Waals surface area contributed by atoms with E-state index < -0.39 is 6.04 Å². The number of nitrogens with one attached hydrogen (secondary N) is 1. The molecule has 6 nitrogen and oxygen atoms in total. The number of carbonyl (C=O) groups excluding carboxylic acids is 2. The van der Waals surface area contributed by atoms with Crippen LogP contribution in [0.1, 0.15) is 48.2 Å². The third-order valence-corrected chi connectivity index (χ3v) is 6.63. The van der Waals surface area contributed by atoms with Crippen LogP contribution in [0, 0.1) is 0 Å². The van der Waals surface area contributed by atoms with E-state index in [1.807, 2.05) is 18.2 Å². The topological polar surface area (TPSA) is 76.6 Å². The molecule has 1 aromatic heterocycles. The monoisotopic (exact) mass is 417 g/mol. The highest BCUT2D eigenvalue weighted by Gasteiger charge is 2.48. The number of β-amino-alcohol motifs (C(OH)–C–C–N with tert-alkyl or cyclic N) is 1. The molecule has 2 amide bonds. The Hall–Kier alpha value is -3.12. The van der Waals surface area contributed by atoms with Crippen molar-refractivity contribution in [3.8, 4) is 0 Å². The SMILES string of the molecule is CC(C)c1ccc(C2c3[nH]c4ccccc4c3C[C@H]3C(=O)N(CCO)CC(=O)N23)cc1. The number of rotatable bonds is 4. The van der Waals surface area contributed by atoms with Crippen LogP contribution in [0.2, 0.25) is 0 Å². The summed E-state index contributed by atoms with van der Waals surface area (Å²) in [4.78, 5) is 33.4. The molecule has 2 aliphatic heterocycles. The highest BCUT2D eigenvalue weighted by Crippen LogP contribution is 2.42. The summed E-state index contributed by atoms with van der Waals surface area (Å²) >= 11 is 0. The molecule has 0 radical (unpaired) electrons. The van der Waals surface area contributed by atoms with Gasteiger partial charge >= 0.3 is 0 Å². The molecule has 6 heteroatoms. The lowest BCUT2D eigenvalue weighted by Crippen LogP contribution is -2.63. The highest BCUT2D eigenvalue weighted by atomic mass is 16.3. The molecule has 2 N–H and O–H groups in total. The van der Waals surface area contributed by atoms with E-state index in [0.29, 0.717) is 12.3 Å². The molecule has 160 valence electrons. The zero-order valence-corrected chi connectivity index (χ0v) is 17.8. The molecule has 3 aromatic rings. The lowest BCUT2D eigenvalue weighted by Gasteiger charge is -2.47. The van der Waals surface area contributed by atoms with Crippen molar-refractivity contribution in [1.82, 2.24) is 14.8 Å². The Morgan fingerprint density at radius 3 is 2.55 bits per heavy atom. The normalized spacial score (nSPS) is 21.0. The van der Waals surface area contributed by atoms with Gasteiger partial charge in [-0.25, -0.2) is 0 Å². The standard InChI is InChI=1S/C25H27N3O3/c1-15(2)16-7-9-17(10-8-16)24-23-19(18-5-3-4-6-20(18)26-23)13-21-25(31)27(11-12-29)14-22(30)28(21)24/h3-10,15,21,24,26,29H,11-14H2,1-2H3/t21-,24?/m0/s1. The first-order valence-corrected chi connectivity index (χ1v) is 10.9. The molecule has 0 spiro atoms. The molecule has 1 saturated heterocycles.